The number of amides is 1. The second-order valence-electron chi connectivity index (χ2n) is 6.46. The predicted molar refractivity (Wildman–Crippen MR) is 102 cm³/mol. The molecule has 0 radical (unpaired) electrons. The van der Waals surface area contributed by atoms with E-state index in [2.05, 4.69) is 22.1 Å². The number of fused-ring (bicyclic) bond motifs is 1. The van der Waals surface area contributed by atoms with E-state index in [1.54, 1.807) is 6.08 Å². The average molecular weight is 345 g/mol. The molecule has 1 aliphatic heterocycles. The highest BCUT2D eigenvalue weighted by Gasteiger charge is 2.32. The average Bonchev–Trinajstić information content (AvgIpc) is 3.09. The van der Waals surface area contributed by atoms with Crippen molar-refractivity contribution in [1.82, 2.24) is 10.4 Å². The van der Waals surface area contributed by atoms with E-state index in [1.807, 2.05) is 55.5 Å². The lowest BCUT2D eigenvalue weighted by atomic mass is 9.83. The number of hydrazone groups is 1. The van der Waals surface area contributed by atoms with Gasteiger partial charge in [-0.15, -0.1) is 6.58 Å². The standard InChI is InChI=1S/C21H19N3O2/c1-3-7-16-13(2)19(23-24-20(16)25)15-10-11-17-18(12-15)26-21(22-17)14-8-5-4-6-9-14/h3-6,8-13,16H,1,7H2,2H3,(H,24,25). The number of hydrogen-bond acceptors (Lipinski definition) is 4. The molecular weight excluding hydrogens is 326 g/mol. The summed E-state index contributed by atoms with van der Waals surface area (Å²) >= 11 is 0. The van der Waals surface area contributed by atoms with Crippen LogP contribution in [0.4, 0.5) is 0 Å². The first kappa shape index (κ1) is 16.3. The van der Waals surface area contributed by atoms with Crippen molar-refractivity contribution in [3.63, 3.8) is 0 Å². The summed E-state index contributed by atoms with van der Waals surface area (Å²) in [6.07, 6.45) is 2.39. The Kier molecular flexibility index (Phi) is 4.13. The van der Waals surface area contributed by atoms with Crippen LogP contribution in [0.3, 0.4) is 0 Å². The lowest BCUT2D eigenvalue weighted by Gasteiger charge is -2.27. The van der Waals surface area contributed by atoms with Crippen molar-refractivity contribution in [2.24, 2.45) is 16.9 Å². The van der Waals surface area contributed by atoms with Crippen LogP contribution in [0.5, 0.6) is 0 Å². The number of carbonyl (C=O) groups excluding carboxylic acids is 1. The van der Waals surface area contributed by atoms with Gasteiger partial charge in [-0.25, -0.2) is 10.4 Å². The number of carbonyl (C=O) groups is 1. The monoisotopic (exact) mass is 345 g/mol. The zero-order valence-electron chi connectivity index (χ0n) is 14.5. The number of nitrogens with zero attached hydrogens (tertiary/aromatic N) is 2. The largest absolute Gasteiger partial charge is 0.436 e. The minimum atomic E-state index is -0.162. The SMILES string of the molecule is C=CCC1C(=O)NN=C(c2ccc3nc(-c4ccccc4)oc3c2)C1C. The van der Waals surface area contributed by atoms with Crippen molar-refractivity contribution >= 4 is 22.7 Å². The van der Waals surface area contributed by atoms with Crippen molar-refractivity contribution in [3.05, 3.63) is 66.7 Å². The van der Waals surface area contributed by atoms with E-state index in [0.29, 0.717) is 17.9 Å². The van der Waals surface area contributed by atoms with Crippen molar-refractivity contribution in [2.45, 2.75) is 13.3 Å². The van der Waals surface area contributed by atoms with E-state index in [9.17, 15) is 4.79 Å². The summed E-state index contributed by atoms with van der Waals surface area (Å²) < 4.78 is 5.95. The lowest BCUT2D eigenvalue weighted by molar-refractivity contribution is -0.126. The molecule has 2 atom stereocenters. The highest BCUT2D eigenvalue weighted by Crippen LogP contribution is 2.29. The van der Waals surface area contributed by atoms with Crippen LogP contribution in [-0.2, 0) is 4.79 Å². The molecule has 4 rings (SSSR count). The Morgan fingerprint density at radius 3 is 2.77 bits per heavy atom. The molecule has 5 heteroatoms. The maximum absolute atomic E-state index is 12.0. The molecule has 0 aliphatic carbocycles. The topological polar surface area (TPSA) is 67.5 Å². The van der Waals surface area contributed by atoms with Crippen LogP contribution >= 0.6 is 0 Å². The van der Waals surface area contributed by atoms with E-state index < -0.39 is 0 Å². The van der Waals surface area contributed by atoms with Crippen molar-refractivity contribution in [2.75, 3.05) is 0 Å². The summed E-state index contributed by atoms with van der Waals surface area (Å²) in [5, 5.41) is 4.29. The van der Waals surface area contributed by atoms with Crippen molar-refractivity contribution in [1.29, 1.82) is 0 Å². The Hall–Kier alpha value is -3.21. The van der Waals surface area contributed by atoms with Gasteiger partial charge in [0.1, 0.15) is 5.52 Å². The molecule has 2 unspecified atom stereocenters. The number of aromatic nitrogens is 1. The van der Waals surface area contributed by atoms with Gasteiger partial charge in [0.2, 0.25) is 11.8 Å². The molecule has 1 N–H and O–H groups in total. The number of nitrogens with one attached hydrogen (secondary N) is 1. The van der Waals surface area contributed by atoms with Gasteiger partial charge in [-0.05, 0) is 30.7 Å². The number of allylic oxidation sites excluding steroid dienone is 1. The number of oxazole rings is 1. The van der Waals surface area contributed by atoms with Crippen LogP contribution in [-0.4, -0.2) is 16.6 Å². The Bertz CT molecular complexity index is 1000. The zero-order chi connectivity index (χ0) is 18.1. The predicted octanol–water partition coefficient (Wildman–Crippen LogP) is 4.16. The molecule has 0 spiro atoms. The molecule has 5 nitrogen and oxygen atoms in total. The maximum Gasteiger partial charge on any atom is 0.244 e. The summed E-state index contributed by atoms with van der Waals surface area (Å²) in [7, 11) is 0. The van der Waals surface area contributed by atoms with Gasteiger partial charge in [0.15, 0.2) is 5.58 Å². The smallest absolute Gasteiger partial charge is 0.244 e. The fourth-order valence-electron chi connectivity index (χ4n) is 3.32. The first-order valence-corrected chi connectivity index (χ1v) is 8.62. The quantitative estimate of drug-likeness (QED) is 0.722. The van der Waals surface area contributed by atoms with Crippen molar-refractivity contribution < 1.29 is 9.21 Å². The third-order valence-corrected chi connectivity index (χ3v) is 4.78. The third kappa shape index (κ3) is 2.81. The van der Waals surface area contributed by atoms with Gasteiger partial charge in [0.25, 0.3) is 0 Å². The highest BCUT2D eigenvalue weighted by atomic mass is 16.3. The third-order valence-electron chi connectivity index (χ3n) is 4.78. The van der Waals surface area contributed by atoms with Crippen LogP contribution < -0.4 is 5.43 Å². The Balaban J connectivity index is 1.71. The van der Waals surface area contributed by atoms with Crippen LogP contribution in [0.15, 0.2) is 70.7 Å². The molecule has 0 bridgehead atoms. The summed E-state index contributed by atoms with van der Waals surface area (Å²) in [6.45, 7) is 5.77. The van der Waals surface area contributed by atoms with Gasteiger partial charge >= 0.3 is 0 Å². The molecule has 0 fully saturated rings. The molecule has 1 aromatic heterocycles. The minimum Gasteiger partial charge on any atom is -0.436 e. The van der Waals surface area contributed by atoms with Gasteiger partial charge < -0.3 is 4.42 Å². The number of rotatable bonds is 4. The number of benzene rings is 2. The highest BCUT2D eigenvalue weighted by molar-refractivity contribution is 6.07. The van der Waals surface area contributed by atoms with Gasteiger partial charge in [-0.1, -0.05) is 37.3 Å². The second-order valence-corrected chi connectivity index (χ2v) is 6.46. The summed E-state index contributed by atoms with van der Waals surface area (Å²) in [6, 6.07) is 15.6. The zero-order valence-corrected chi connectivity index (χ0v) is 14.5. The molecule has 2 heterocycles. The van der Waals surface area contributed by atoms with Crippen LogP contribution in [0.1, 0.15) is 18.9 Å². The molecule has 0 saturated heterocycles. The first-order chi connectivity index (χ1) is 12.7. The molecule has 0 saturated carbocycles. The Morgan fingerprint density at radius 1 is 1.19 bits per heavy atom. The Morgan fingerprint density at radius 2 is 2.00 bits per heavy atom. The first-order valence-electron chi connectivity index (χ1n) is 8.62. The summed E-state index contributed by atoms with van der Waals surface area (Å²) in [4.78, 5) is 16.6. The van der Waals surface area contributed by atoms with Crippen LogP contribution in [0.2, 0.25) is 0 Å². The number of hydrogen-bond donors (Lipinski definition) is 1. The fraction of sp³-hybridized carbons (Fsp3) is 0.190. The molecular formula is C21H19N3O2. The van der Waals surface area contributed by atoms with Crippen LogP contribution in [0.25, 0.3) is 22.6 Å². The van der Waals surface area contributed by atoms with E-state index in [0.717, 1.165) is 22.4 Å². The van der Waals surface area contributed by atoms with E-state index in [-0.39, 0.29) is 17.7 Å². The summed E-state index contributed by atoms with van der Waals surface area (Å²) in [5.74, 6) is 0.364. The van der Waals surface area contributed by atoms with E-state index in [4.69, 9.17) is 4.42 Å². The van der Waals surface area contributed by atoms with Gasteiger partial charge in [0, 0.05) is 17.0 Å². The minimum absolute atomic E-state index is 0.00397. The molecule has 1 amide bonds. The van der Waals surface area contributed by atoms with Gasteiger partial charge in [-0.2, -0.15) is 5.10 Å². The molecule has 26 heavy (non-hydrogen) atoms. The lowest BCUT2D eigenvalue weighted by Crippen LogP contribution is -2.40. The molecule has 3 aromatic rings. The fourth-order valence-corrected chi connectivity index (χ4v) is 3.32. The summed E-state index contributed by atoms with van der Waals surface area (Å²) in [5.41, 5.74) is 6.83. The molecule has 1 aliphatic rings. The van der Waals surface area contributed by atoms with E-state index >= 15 is 0 Å². The van der Waals surface area contributed by atoms with E-state index in [1.165, 1.54) is 0 Å². The molecule has 2 aromatic carbocycles. The van der Waals surface area contributed by atoms with Gasteiger partial charge in [-0.3, -0.25) is 4.79 Å². The van der Waals surface area contributed by atoms with Gasteiger partial charge in [0.05, 0.1) is 11.6 Å². The second kappa shape index (κ2) is 6.59. The maximum atomic E-state index is 12.0. The molecule has 130 valence electrons. The normalized spacial score (nSPS) is 19.9. The Labute approximate surface area is 151 Å². The van der Waals surface area contributed by atoms with Crippen molar-refractivity contribution in [3.8, 4) is 11.5 Å². The van der Waals surface area contributed by atoms with Crippen LogP contribution in [0, 0.1) is 11.8 Å².